The second-order valence-electron chi connectivity index (χ2n) is 6.73. The van der Waals surface area contributed by atoms with Crippen molar-refractivity contribution in [2.24, 2.45) is 0 Å². The van der Waals surface area contributed by atoms with Gasteiger partial charge in [-0.15, -0.1) is 0 Å². The highest BCUT2D eigenvalue weighted by Crippen LogP contribution is 2.09. The number of hydrogen-bond donors (Lipinski definition) is 2. The molecule has 1 amide bonds. The molecule has 150 valence electrons. The van der Waals surface area contributed by atoms with Gasteiger partial charge in [0.2, 0.25) is 0 Å². The summed E-state index contributed by atoms with van der Waals surface area (Å²) < 4.78 is 14.9. The van der Waals surface area contributed by atoms with Crippen LogP contribution in [0.2, 0.25) is 0 Å². The van der Waals surface area contributed by atoms with E-state index in [0.717, 1.165) is 6.42 Å². The number of nitrogens with one attached hydrogen (secondary N) is 1. The molecule has 0 heterocycles. The molecule has 0 aromatic rings. The summed E-state index contributed by atoms with van der Waals surface area (Å²) in [4.78, 5) is 46.4. The van der Waals surface area contributed by atoms with Crippen LogP contribution in [-0.2, 0) is 28.6 Å². The third-order valence-corrected chi connectivity index (χ3v) is 3.01. The SMILES string of the molecule is CCCCOC(=O)[C@H](CCC(=O)O[C@@H](C)C(=O)O)NC(=O)OC(C)(C)C. The first-order valence-electron chi connectivity index (χ1n) is 8.54. The van der Waals surface area contributed by atoms with E-state index in [1.165, 1.54) is 6.92 Å². The van der Waals surface area contributed by atoms with Crippen LogP contribution in [0.5, 0.6) is 0 Å². The van der Waals surface area contributed by atoms with E-state index < -0.39 is 41.7 Å². The third-order valence-electron chi connectivity index (χ3n) is 3.01. The van der Waals surface area contributed by atoms with E-state index in [0.29, 0.717) is 6.42 Å². The molecule has 2 atom stereocenters. The first-order valence-corrected chi connectivity index (χ1v) is 8.54. The average molecular weight is 375 g/mol. The molecule has 2 N–H and O–H groups in total. The highest BCUT2D eigenvalue weighted by Gasteiger charge is 2.27. The van der Waals surface area contributed by atoms with Gasteiger partial charge in [0.1, 0.15) is 11.6 Å². The Morgan fingerprint density at radius 3 is 2.27 bits per heavy atom. The minimum Gasteiger partial charge on any atom is -0.479 e. The fourth-order valence-corrected chi connectivity index (χ4v) is 1.69. The Hall–Kier alpha value is -2.32. The molecule has 0 unspecified atom stereocenters. The molecular formula is C17H29NO8. The summed E-state index contributed by atoms with van der Waals surface area (Å²) >= 11 is 0. The molecule has 0 rings (SSSR count). The quantitative estimate of drug-likeness (QED) is 0.337. The lowest BCUT2D eigenvalue weighted by Crippen LogP contribution is -2.44. The number of aliphatic carboxylic acids is 1. The highest BCUT2D eigenvalue weighted by atomic mass is 16.6. The Bertz CT molecular complexity index is 497. The molecule has 0 bridgehead atoms. The Labute approximate surface area is 153 Å². The van der Waals surface area contributed by atoms with Crippen molar-refractivity contribution in [1.82, 2.24) is 5.32 Å². The van der Waals surface area contributed by atoms with Gasteiger partial charge in [0.05, 0.1) is 6.61 Å². The monoisotopic (exact) mass is 375 g/mol. The van der Waals surface area contributed by atoms with Crippen LogP contribution < -0.4 is 5.32 Å². The number of unbranched alkanes of at least 4 members (excludes halogenated alkanes) is 1. The number of rotatable bonds is 10. The molecule has 0 aliphatic carbocycles. The van der Waals surface area contributed by atoms with Gasteiger partial charge >= 0.3 is 24.0 Å². The molecule has 0 fully saturated rings. The molecular weight excluding hydrogens is 346 g/mol. The van der Waals surface area contributed by atoms with Gasteiger partial charge in [-0.3, -0.25) is 4.79 Å². The van der Waals surface area contributed by atoms with Crippen molar-refractivity contribution in [3.8, 4) is 0 Å². The van der Waals surface area contributed by atoms with Crippen LogP contribution in [0.3, 0.4) is 0 Å². The molecule has 0 saturated carbocycles. The number of ether oxygens (including phenoxy) is 3. The summed E-state index contributed by atoms with van der Waals surface area (Å²) in [6.45, 7) is 8.37. The predicted octanol–water partition coefficient (Wildman–Crippen LogP) is 2.02. The van der Waals surface area contributed by atoms with Crippen LogP contribution in [0, 0.1) is 0 Å². The van der Waals surface area contributed by atoms with Gasteiger partial charge in [0.15, 0.2) is 6.10 Å². The van der Waals surface area contributed by atoms with Crippen LogP contribution in [0.25, 0.3) is 0 Å². The topological polar surface area (TPSA) is 128 Å². The molecule has 0 aromatic heterocycles. The minimum atomic E-state index is -1.30. The molecule has 0 spiro atoms. The summed E-state index contributed by atoms with van der Waals surface area (Å²) in [5, 5.41) is 11.1. The number of hydrogen-bond acceptors (Lipinski definition) is 7. The van der Waals surface area contributed by atoms with Gasteiger partial charge in [-0.05, 0) is 40.5 Å². The van der Waals surface area contributed by atoms with Crippen molar-refractivity contribution in [3.63, 3.8) is 0 Å². The number of carbonyl (C=O) groups excluding carboxylic acids is 3. The van der Waals surface area contributed by atoms with Crippen molar-refractivity contribution in [1.29, 1.82) is 0 Å². The smallest absolute Gasteiger partial charge is 0.408 e. The van der Waals surface area contributed by atoms with Gasteiger partial charge < -0.3 is 24.6 Å². The molecule has 9 nitrogen and oxygen atoms in total. The fourth-order valence-electron chi connectivity index (χ4n) is 1.69. The van der Waals surface area contributed by atoms with Gasteiger partial charge in [-0.2, -0.15) is 0 Å². The van der Waals surface area contributed by atoms with Crippen molar-refractivity contribution >= 4 is 24.0 Å². The zero-order chi connectivity index (χ0) is 20.3. The molecule has 9 heteroatoms. The number of alkyl carbamates (subject to hydrolysis) is 1. The number of esters is 2. The number of amides is 1. The zero-order valence-electron chi connectivity index (χ0n) is 16.0. The van der Waals surface area contributed by atoms with E-state index in [1.54, 1.807) is 20.8 Å². The lowest BCUT2D eigenvalue weighted by molar-refractivity contribution is -0.163. The van der Waals surface area contributed by atoms with Crippen LogP contribution in [0.15, 0.2) is 0 Å². The lowest BCUT2D eigenvalue weighted by Gasteiger charge is -2.23. The van der Waals surface area contributed by atoms with Crippen LogP contribution in [-0.4, -0.2) is 53.5 Å². The Morgan fingerprint density at radius 1 is 1.15 bits per heavy atom. The van der Waals surface area contributed by atoms with Crippen LogP contribution >= 0.6 is 0 Å². The zero-order valence-corrected chi connectivity index (χ0v) is 16.0. The van der Waals surface area contributed by atoms with E-state index in [1.807, 2.05) is 6.92 Å². The fraction of sp³-hybridized carbons (Fsp3) is 0.765. The van der Waals surface area contributed by atoms with Crippen LogP contribution in [0.1, 0.15) is 60.3 Å². The third kappa shape index (κ3) is 11.3. The summed E-state index contributed by atoms with van der Waals surface area (Å²) in [5.41, 5.74) is -0.753. The van der Waals surface area contributed by atoms with Crippen molar-refractivity contribution in [2.75, 3.05) is 6.61 Å². The molecule has 0 saturated heterocycles. The summed E-state index contributed by atoms with van der Waals surface area (Å²) in [7, 11) is 0. The predicted molar refractivity (Wildman–Crippen MR) is 91.4 cm³/mol. The van der Waals surface area contributed by atoms with Gasteiger partial charge in [-0.25, -0.2) is 14.4 Å². The van der Waals surface area contributed by atoms with Gasteiger partial charge in [0, 0.05) is 6.42 Å². The van der Waals surface area contributed by atoms with Gasteiger partial charge in [0.25, 0.3) is 0 Å². The van der Waals surface area contributed by atoms with E-state index >= 15 is 0 Å². The number of carboxylic acid groups (broad SMARTS) is 1. The maximum atomic E-state index is 12.1. The highest BCUT2D eigenvalue weighted by molar-refractivity contribution is 5.82. The van der Waals surface area contributed by atoms with E-state index in [4.69, 9.17) is 19.3 Å². The normalized spacial score (nSPS) is 13.3. The standard InChI is InChI=1S/C17H29NO8/c1-6-7-10-24-15(22)12(18-16(23)26-17(3,4)5)8-9-13(19)25-11(2)14(20)21/h11-12H,6-10H2,1-5H3,(H,18,23)(H,20,21)/t11-,12-/m0/s1. The van der Waals surface area contributed by atoms with Crippen molar-refractivity contribution < 1.29 is 38.5 Å². The Morgan fingerprint density at radius 2 is 1.77 bits per heavy atom. The molecule has 0 aliphatic rings. The number of carboxylic acids is 1. The molecule has 0 aliphatic heterocycles. The van der Waals surface area contributed by atoms with E-state index in [-0.39, 0.29) is 19.4 Å². The van der Waals surface area contributed by atoms with E-state index in [2.05, 4.69) is 5.32 Å². The lowest BCUT2D eigenvalue weighted by atomic mass is 10.1. The Balaban J connectivity index is 4.76. The summed E-state index contributed by atoms with van der Waals surface area (Å²) in [6.07, 6.45) is -0.977. The maximum absolute atomic E-state index is 12.1. The van der Waals surface area contributed by atoms with E-state index in [9.17, 15) is 19.2 Å². The first kappa shape index (κ1) is 23.7. The second-order valence-corrected chi connectivity index (χ2v) is 6.73. The maximum Gasteiger partial charge on any atom is 0.408 e. The van der Waals surface area contributed by atoms with Gasteiger partial charge in [-0.1, -0.05) is 13.3 Å². The summed E-state index contributed by atoms with van der Waals surface area (Å²) in [5.74, 6) is -2.76. The van der Waals surface area contributed by atoms with Crippen LogP contribution in [0.4, 0.5) is 4.79 Å². The first-order chi connectivity index (χ1) is 12.0. The second kappa shape index (κ2) is 11.3. The Kier molecular flexibility index (Phi) is 10.3. The molecule has 0 aromatic carbocycles. The molecule has 0 radical (unpaired) electrons. The van der Waals surface area contributed by atoms with Crippen molar-refractivity contribution in [2.45, 2.75) is 78.0 Å². The molecule has 26 heavy (non-hydrogen) atoms. The summed E-state index contributed by atoms with van der Waals surface area (Å²) in [6, 6.07) is -1.10. The average Bonchev–Trinajstić information content (AvgIpc) is 2.49. The number of carbonyl (C=O) groups is 4. The largest absolute Gasteiger partial charge is 0.479 e. The van der Waals surface area contributed by atoms with Crippen molar-refractivity contribution in [3.05, 3.63) is 0 Å². The minimum absolute atomic E-state index is 0.102.